The summed E-state index contributed by atoms with van der Waals surface area (Å²) in [6.07, 6.45) is 2.10. The summed E-state index contributed by atoms with van der Waals surface area (Å²) in [5, 5.41) is 23.9. The van der Waals surface area contributed by atoms with E-state index < -0.39 is 29.7 Å². The SMILES string of the molecule is CC(C)(C)OC(=O)N[C@@H](Cc1ccc(O)cc1)C(=O)N1CC2(CC1C(=O)NCCCCCC(=O)NO)SCCS2. The number of nitrogens with zero attached hydrogens (tertiary/aromatic N) is 1. The number of aromatic hydroxyl groups is 1. The third-order valence-electron chi connectivity index (χ3n) is 6.56. The number of benzene rings is 1. The maximum absolute atomic E-state index is 14.0. The Balaban J connectivity index is 1.73. The van der Waals surface area contributed by atoms with Gasteiger partial charge in [0.25, 0.3) is 0 Å². The van der Waals surface area contributed by atoms with Gasteiger partial charge in [-0.15, -0.1) is 23.5 Å². The van der Waals surface area contributed by atoms with Crippen molar-refractivity contribution < 1.29 is 34.2 Å². The molecule has 3 rings (SSSR count). The van der Waals surface area contributed by atoms with Crippen LogP contribution in [0.15, 0.2) is 24.3 Å². The molecule has 0 radical (unpaired) electrons. The van der Waals surface area contributed by atoms with Gasteiger partial charge in [-0.1, -0.05) is 18.6 Å². The Hall–Kier alpha value is -2.64. The molecule has 40 heavy (non-hydrogen) atoms. The molecular formula is C27H40N4O7S2. The number of unbranched alkanes of at least 4 members (excludes halogenated alkanes) is 2. The molecule has 1 spiro atoms. The Morgan fingerprint density at radius 1 is 1.10 bits per heavy atom. The number of rotatable bonds is 11. The molecule has 0 aliphatic carbocycles. The van der Waals surface area contributed by atoms with Crippen LogP contribution in [-0.4, -0.2) is 85.4 Å². The third kappa shape index (κ3) is 9.48. The van der Waals surface area contributed by atoms with E-state index in [2.05, 4.69) is 10.6 Å². The molecule has 2 saturated heterocycles. The smallest absolute Gasteiger partial charge is 0.408 e. The number of carbonyl (C=O) groups excluding carboxylic acids is 4. The van der Waals surface area contributed by atoms with Crippen molar-refractivity contribution >= 4 is 47.3 Å². The van der Waals surface area contributed by atoms with Gasteiger partial charge in [0.1, 0.15) is 23.4 Å². The second kappa shape index (κ2) is 14.3. The highest BCUT2D eigenvalue weighted by Gasteiger charge is 2.52. The van der Waals surface area contributed by atoms with E-state index in [1.807, 2.05) is 0 Å². The molecular weight excluding hydrogens is 556 g/mol. The molecule has 222 valence electrons. The maximum Gasteiger partial charge on any atom is 0.408 e. The number of alkyl carbamates (subject to hydrolysis) is 1. The fourth-order valence-electron chi connectivity index (χ4n) is 4.70. The summed E-state index contributed by atoms with van der Waals surface area (Å²) in [6.45, 7) is 6.01. The molecule has 2 aliphatic heterocycles. The van der Waals surface area contributed by atoms with E-state index in [0.29, 0.717) is 38.8 Å². The summed E-state index contributed by atoms with van der Waals surface area (Å²) < 4.78 is 5.15. The quantitative estimate of drug-likeness (QED) is 0.147. The Morgan fingerprint density at radius 3 is 2.40 bits per heavy atom. The zero-order valence-electron chi connectivity index (χ0n) is 23.2. The van der Waals surface area contributed by atoms with E-state index in [1.165, 1.54) is 12.1 Å². The number of nitrogens with one attached hydrogen (secondary N) is 3. The number of ether oxygens (including phenoxy) is 1. The summed E-state index contributed by atoms with van der Waals surface area (Å²) in [4.78, 5) is 52.8. The molecule has 1 aromatic rings. The minimum Gasteiger partial charge on any atom is -0.508 e. The highest BCUT2D eigenvalue weighted by Crippen LogP contribution is 2.51. The van der Waals surface area contributed by atoms with E-state index >= 15 is 0 Å². The van der Waals surface area contributed by atoms with E-state index in [9.17, 15) is 24.3 Å². The average Bonchev–Trinajstić information content (AvgIpc) is 3.51. The van der Waals surface area contributed by atoms with Crippen molar-refractivity contribution in [3.05, 3.63) is 29.8 Å². The second-order valence-corrected chi connectivity index (χ2v) is 14.2. The van der Waals surface area contributed by atoms with Gasteiger partial charge in [-0.05, 0) is 51.3 Å². The second-order valence-electron chi connectivity index (χ2n) is 11.0. The van der Waals surface area contributed by atoms with Gasteiger partial charge in [-0.25, -0.2) is 10.3 Å². The standard InChI is InChI=1S/C27H40N4O7S2/c1-26(2,3)38-25(36)29-20(15-18-8-10-19(32)11-9-18)24(35)31-17-27(39-13-14-40-27)16-21(31)23(34)28-12-6-4-5-7-22(33)30-37/h8-11,20-21,32,37H,4-7,12-17H2,1-3H3,(H,28,34)(H,29,36)(H,30,33)/t20-,21?/m0/s1. The van der Waals surface area contributed by atoms with Crippen molar-refractivity contribution in [2.75, 3.05) is 24.6 Å². The topological polar surface area (TPSA) is 157 Å². The number of phenolic OH excluding ortho intramolecular Hbond substituents is 1. The summed E-state index contributed by atoms with van der Waals surface area (Å²) in [5.41, 5.74) is 1.59. The Kier molecular flexibility index (Phi) is 11.4. The number of hydroxylamine groups is 1. The van der Waals surface area contributed by atoms with Crippen molar-refractivity contribution in [1.29, 1.82) is 0 Å². The zero-order valence-corrected chi connectivity index (χ0v) is 24.9. The largest absolute Gasteiger partial charge is 0.508 e. The number of phenols is 1. The molecule has 1 aromatic carbocycles. The van der Waals surface area contributed by atoms with E-state index in [1.54, 1.807) is 66.8 Å². The summed E-state index contributed by atoms with van der Waals surface area (Å²) >= 11 is 3.53. The van der Waals surface area contributed by atoms with Crippen LogP contribution in [0.2, 0.25) is 0 Å². The number of amides is 4. The van der Waals surface area contributed by atoms with Crippen LogP contribution in [0.25, 0.3) is 0 Å². The predicted octanol–water partition coefficient (Wildman–Crippen LogP) is 2.79. The van der Waals surface area contributed by atoms with Gasteiger partial charge < -0.3 is 25.4 Å². The lowest BCUT2D eigenvalue weighted by Crippen LogP contribution is -2.55. The zero-order chi connectivity index (χ0) is 29.3. The lowest BCUT2D eigenvalue weighted by molar-refractivity contribution is -0.140. The maximum atomic E-state index is 14.0. The molecule has 2 fully saturated rings. The van der Waals surface area contributed by atoms with Crippen molar-refractivity contribution in [3.63, 3.8) is 0 Å². The van der Waals surface area contributed by atoms with Crippen LogP contribution in [0.1, 0.15) is 58.4 Å². The number of likely N-dealkylation sites (tertiary alicyclic amines) is 1. The first kappa shape index (κ1) is 31.9. The molecule has 4 amide bonds. The van der Waals surface area contributed by atoms with Crippen LogP contribution in [0.4, 0.5) is 4.79 Å². The Labute approximate surface area is 243 Å². The average molecular weight is 597 g/mol. The molecule has 11 nitrogen and oxygen atoms in total. The van der Waals surface area contributed by atoms with Gasteiger partial charge in [0.2, 0.25) is 17.7 Å². The highest BCUT2D eigenvalue weighted by atomic mass is 32.2. The summed E-state index contributed by atoms with van der Waals surface area (Å²) in [5.74, 6) is 0.927. The molecule has 13 heteroatoms. The molecule has 1 unspecified atom stereocenters. The fraction of sp³-hybridized carbons (Fsp3) is 0.630. The predicted molar refractivity (Wildman–Crippen MR) is 154 cm³/mol. The monoisotopic (exact) mass is 596 g/mol. The van der Waals surface area contributed by atoms with Gasteiger partial charge in [0.05, 0.1) is 4.08 Å². The molecule has 5 N–H and O–H groups in total. The minimum atomic E-state index is -0.973. The number of carbonyl (C=O) groups is 4. The van der Waals surface area contributed by atoms with Crippen LogP contribution >= 0.6 is 23.5 Å². The summed E-state index contributed by atoms with van der Waals surface area (Å²) in [7, 11) is 0. The van der Waals surface area contributed by atoms with Gasteiger partial charge in [0, 0.05) is 43.9 Å². The molecule has 0 saturated carbocycles. The van der Waals surface area contributed by atoms with Gasteiger partial charge >= 0.3 is 6.09 Å². The third-order valence-corrected chi connectivity index (χ3v) is 9.99. The first-order valence-electron chi connectivity index (χ1n) is 13.5. The van der Waals surface area contributed by atoms with Crippen molar-refractivity contribution in [2.24, 2.45) is 0 Å². The van der Waals surface area contributed by atoms with E-state index in [-0.39, 0.29) is 34.5 Å². The van der Waals surface area contributed by atoms with Gasteiger partial charge in [0.15, 0.2) is 0 Å². The number of hydrogen-bond donors (Lipinski definition) is 5. The van der Waals surface area contributed by atoms with Crippen molar-refractivity contribution in [1.82, 2.24) is 21.0 Å². The first-order chi connectivity index (χ1) is 18.9. The molecule has 2 heterocycles. The molecule has 2 atom stereocenters. The molecule has 0 bridgehead atoms. The number of thioether (sulfide) groups is 2. The Bertz CT molecular complexity index is 1040. The van der Waals surface area contributed by atoms with Crippen LogP contribution in [0.5, 0.6) is 5.75 Å². The van der Waals surface area contributed by atoms with Crippen LogP contribution < -0.4 is 16.1 Å². The van der Waals surface area contributed by atoms with Crippen LogP contribution in [-0.2, 0) is 25.5 Å². The summed E-state index contributed by atoms with van der Waals surface area (Å²) in [6, 6.07) is 4.76. The highest BCUT2D eigenvalue weighted by molar-refractivity contribution is 8.21. The lowest BCUT2D eigenvalue weighted by atomic mass is 10.0. The number of hydrogen-bond acceptors (Lipinski definition) is 9. The van der Waals surface area contributed by atoms with E-state index in [0.717, 1.165) is 17.1 Å². The normalized spacial score (nSPS) is 18.8. The molecule has 2 aliphatic rings. The first-order valence-corrected chi connectivity index (χ1v) is 15.4. The minimum absolute atomic E-state index is 0.0943. The van der Waals surface area contributed by atoms with Crippen molar-refractivity contribution in [3.8, 4) is 5.75 Å². The van der Waals surface area contributed by atoms with Gasteiger partial charge in [-0.2, -0.15) is 0 Å². The fourth-order valence-corrected chi connectivity index (χ4v) is 7.96. The van der Waals surface area contributed by atoms with Gasteiger partial charge in [-0.3, -0.25) is 19.6 Å². The van der Waals surface area contributed by atoms with E-state index in [4.69, 9.17) is 9.94 Å². The Morgan fingerprint density at radius 2 is 1.77 bits per heavy atom. The van der Waals surface area contributed by atoms with Crippen molar-refractivity contribution in [2.45, 2.75) is 81.1 Å². The van der Waals surface area contributed by atoms with Crippen LogP contribution in [0, 0.1) is 0 Å². The lowest BCUT2D eigenvalue weighted by Gasteiger charge is -2.30. The molecule has 0 aromatic heterocycles. The van der Waals surface area contributed by atoms with Crippen LogP contribution in [0.3, 0.4) is 0 Å².